The molecule has 0 heterocycles. The van der Waals surface area contributed by atoms with Gasteiger partial charge in [-0.1, -0.05) is 11.8 Å². The summed E-state index contributed by atoms with van der Waals surface area (Å²) < 4.78 is 9.77. The predicted octanol–water partition coefficient (Wildman–Crippen LogP) is 3.63. The second kappa shape index (κ2) is 6.29. The number of hydrogen-bond acceptors (Lipinski definition) is 4. The highest BCUT2D eigenvalue weighted by Crippen LogP contribution is 2.29. The Balaban J connectivity index is 2.08. The lowest BCUT2D eigenvalue weighted by Gasteiger charge is -2.04. The summed E-state index contributed by atoms with van der Waals surface area (Å²) in [5.74, 6) is 0.520. The maximum absolute atomic E-state index is 11.3. The predicted molar refractivity (Wildman–Crippen MR) is 74.9 cm³/mol. The highest BCUT2D eigenvalue weighted by molar-refractivity contribution is 7.99. The lowest BCUT2D eigenvalue weighted by atomic mass is 10.2. The first kappa shape index (κ1) is 13.5. The molecule has 98 valence electrons. The van der Waals surface area contributed by atoms with Crippen LogP contribution in [0.2, 0.25) is 0 Å². The van der Waals surface area contributed by atoms with E-state index in [1.807, 2.05) is 36.4 Å². The molecule has 0 radical (unpaired) electrons. The number of esters is 1. The molecule has 0 aliphatic heterocycles. The number of carbonyl (C=O) groups is 1. The van der Waals surface area contributed by atoms with E-state index in [1.165, 1.54) is 7.11 Å². The molecule has 0 spiro atoms. The van der Waals surface area contributed by atoms with Gasteiger partial charge in [0, 0.05) is 9.79 Å². The van der Waals surface area contributed by atoms with E-state index in [2.05, 4.69) is 4.74 Å². The minimum absolute atomic E-state index is 0.319. The van der Waals surface area contributed by atoms with E-state index in [4.69, 9.17) is 4.74 Å². The van der Waals surface area contributed by atoms with Crippen molar-refractivity contribution in [1.82, 2.24) is 0 Å². The Labute approximate surface area is 116 Å². The number of ether oxygens (including phenoxy) is 2. The van der Waals surface area contributed by atoms with Crippen molar-refractivity contribution in [2.75, 3.05) is 14.2 Å². The van der Waals surface area contributed by atoms with Crippen LogP contribution in [0.4, 0.5) is 0 Å². The van der Waals surface area contributed by atoms with Gasteiger partial charge in [-0.15, -0.1) is 0 Å². The number of rotatable bonds is 4. The van der Waals surface area contributed by atoms with Crippen LogP contribution < -0.4 is 4.74 Å². The Morgan fingerprint density at radius 1 is 0.895 bits per heavy atom. The van der Waals surface area contributed by atoms with Crippen molar-refractivity contribution >= 4 is 17.7 Å². The molecule has 0 saturated carbocycles. The molecule has 0 saturated heterocycles. The van der Waals surface area contributed by atoms with Gasteiger partial charge in [0.25, 0.3) is 0 Å². The zero-order valence-electron chi connectivity index (χ0n) is 10.8. The van der Waals surface area contributed by atoms with Gasteiger partial charge in [0.2, 0.25) is 0 Å². The molecule has 0 atom stereocenters. The molecule has 0 N–H and O–H groups in total. The number of methoxy groups -OCH3 is 2. The second-order valence-electron chi connectivity index (χ2n) is 3.79. The van der Waals surface area contributed by atoms with Crippen molar-refractivity contribution in [2.45, 2.75) is 9.79 Å². The zero-order chi connectivity index (χ0) is 13.7. The van der Waals surface area contributed by atoms with Crippen molar-refractivity contribution in [3.8, 4) is 5.75 Å². The normalized spacial score (nSPS) is 10.0. The molecule has 0 unspecified atom stereocenters. The van der Waals surface area contributed by atoms with Gasteiger partial charge in [0.15, 0.2) is 0 Å². The van der Waals surface area contributed by atoms with Gasteiger partial charge >= 0.3 is 5.97 Å². The monoisotopic (exact) mass is 274 g/mol. The van der Waals surface area contributed by atoms with Gasteiger partial charge in [0.1, 0.15) is 5.75 Å². The molecule has 2 aromatic carbocycles. The second-order valence-corrected chi connectivity index (χ2v) is 4.94. The molecule has 2 aromatic rings. The highest BCUT2D eigenvalue weighted by atomic mass is 32.2. The van der Waals surface area contributed by atoms with Gasteiger partial charge in [-0.2, -0.15) is 0 Å². The Morgan fingerprint density at radius 2 is 1.42 bits per heavy atom. The van der Waals surface area contributed by atoms with E-state index >= 15 is 0 Å². The summed E-state index contributed by atoms with van der Waals surface area (Å²) in [7, 11) is 3.02. The molecule has 0 fully saturated rings. The third-order valence-electron chi connectivity index (χ3n) is 2.57. The van der Waals surface area contributed by atoms with E-state index in [9.17, 15) is 4.79 Å². The first-order chi connectivity index (χ1) is 9.22. The van der Waals surface area contributed by atoms with Crippen LogP contribution in [0.3, 0.4) is 0 Å². The quantitative estimate of drug-likeness (QED) is 0.797. The molecule has 19 heavy (non-hydrogen) atoms. The van der Waals surface area contributed by atoms with Crippen molar-refractivity contribution in [3.05, 3.63) is 54.1 Å². The Bertz CT molecular complexity index is 547. The molecule has 4 heteroatoms. The standard InChI is InChI=1S/C15H14O3S/c1-17-12-5-9-14(10-6-12)19-13-7-3-11(4-8-13)15(16)18-2/h3-10H,1-2H3. The van der Waals surface area contributed by atoms with E-state index in [0.717, 1.165) is 15.5 Å². The van der Waals surface area contributed by atoms with Crippen LogP contribution in [-0.4, -0.2) is 20.2 Å². The van der Waals surface area contributed by atoms with Crippen molar-refractivity contribution in [1.29, 1.82) is 0 Å². The summed E-state index contributed by atoms with van der Waals surface area (Å²) >= 11 is 1.63. The topological polar surface area (TPSA) is 35.5 Å². The van der Waals surface area contributed by atoms with Gasteiger partial charge in [0.05, 0.1) is 19.8 Å². The molecule has 0 aliphatic rings. The van der Waals surface area contributed by atoms with Crippen LogP contribution in [0.25, 0.3) is 0 Å². The first-order valence-corrected chi connectivity index (χ1v) is 6.55. The zero-order valence-corrected chi connectivity index (χ0v) is 11.6. The van der Waals surface area contributed by atoms with Crippen LogP contribution in [-0.2, 0) is 4.74 Å². The van der Waals surface area contributed by atoms with Crippen LogP contribution >= 0.6 is 11.8 Å². The average Bonchev–Trinajstić information content (AvgIpc) is 2.48. The molecule has 0 bridgehead atoms. The summed E-state index contributed by atoms with van der Waals surface area (Å²) in [4.78, 5) is 13.5. The van der Waals surface area contributed by atoms with E-state index < -0.39 is 0 Å². The summed E-state index contributed by atoms with van der Waals surface area (Å²) in [5.41, 5.74) is 0.557. The van der Waals surface area contributed by atoms with E-state index in [0.29, 0.717) is 5.56 Å². The molecule has 2 rings (SSSR count). The summed E-state index contributed by atoms with van der Waals surface area (Å²) in [6.45, 7) is 0. The Morgan fingerprint density at radius 3 is 1.89 bits per heavy atom. The maximum Gasteiger partial charge on any atom is 0.337 e. The van der Waals surface area contributed by atoms with Crippen LogP contribution in [0.5, 0.6) is 5.75 Å². The molecule has 0 aliphatic carbocycles. The van der Waals surface area contributed by atoms with Gasteiger partial charge in [-0.3, -0.25) is 0 Å². The summed E-state index contributed by atoms with van der Waals surface area (Å²) in [5, 5.41) is 0. The largest absolute Gasteiger partial charge is 0.497 e. The van der Waals surface area contributed by atoms with Crippen LogP contribution in [0.1, 0.15) is 10.4 Å². The average molecular weight is 274 g/mol. The lowest BCUT2D eigenvalue weighted by molar-refractivity contribution is 0.0600. The number of benzene rings is 2. The summed E-state index contributed by atoms with van der Waals surface area (Å²) in [6.07, 6.45) is 0. The third-order valence-corrected chi connectivity index (χ3v) is 3.59. The minimum Gasteiger partial charge on any atom is -0.497 e. The summed E-state index contributed by atoms with van der Waals surface area (Å²) in [6, 6.07) is 15.2. The van der Waals surface area contributed by atoms with Crippen LogP contribution in [0.15, 0.2) is 58.3 Å². The highest BCUT2D eigenvalue weighted by Gasteiger charge is 2.05. The smallest absolute Gasteiger partial charge is 0.337 e. The van der Waals surface area contributed by atoms with Crippen molar-refractivity contribution in [3.63, 3.8) is 0 Å². The maximum atomic E-state index is 11.3. The minimum atomic E-state index is -0.319. The fourth-order valence-electron chi connectivity index (χ4n) is 1.56. The van der Waals surface area contributed by atoms with Gasteiger partial charge < -0.3 is 9.47 Å². The van der Waals surface area contributed by atoms with E-state index in [-0.39, 0.29) is 5.97 Å². The fraction of sp³-hybridized carbons (Fsp3) is 0.133. The molecular weight excluding hydrogens is 260 g/mol. The lowest BCUT2D eigenvalue weighted by Crippen LogP contribution is -2.00. The van der Waals surface area contributed by atoms with Crippen molar-refractivity contribution < 1.29 is 14.3 Å². The first-order valence-electron chi connectivity index (χ1n) is 5.73. The van der Waals surface area contributed by atoms with Gasteiger partial charge in [-0.25, -0.2) is 4.79 Å². The molecule has 0 aromatic heterocycles. The van der Waals surface area contributed by atoms with E-state index in [1.54, 1.807) is 31.0 Å². The Kier molecular flexibility index (Phi) is 4.47. The third kappa shape index (κ3) is 3.51. The molecular formula is C15H14O3S. The number of carbonyl (C=O) groups excluding carboxylic acids is 1. The molecule has 3 nitrogen and oxygen atoms in total. The Hall–Kier alpha value is -1.94. The van der Waals surface area contributed by atoms with Crippen molar-refractivity contribution in [2.24, 2.45) is 0 Å². The fourth-order valence-corrected chi connectivity index (χ4v) is 2.37. The molecule has 0 amide bonds. The van der Waals surface area contributed by atoms with Gasteiger partial charge in [-0.05, 0) is 48.5 Å². The van der Waals surface area contributed by atoms with Crippen LogP contribution in [0, 0.1) is 0 Å². The SMILES string of the molecule is COC(=O)c1ccc(Sc2ccc(OC)cc2)cc1. The number of hydrogen-bond donors (Lipinski definition) is 0.